The lowest BCUT2D eigenvalue weighted by Crippen LogP contribution is -2.48. The van der Waals surface area contributed by atoms with Crippen molar-refractivity contribution in [2.45, 2.75) is 45.6 Å². The number of amides is 2. The number of aryl methyl sites for hydroxylation is 1. The second kappa shape index (κ2) is 6.81. The molecule has 1 aliphatic carbocycles. The van der Waals surface area contributed by atoms with Crippen LogP contribution in [0.2, 0.25) is 0 Å². The first-order valence-corrected chi connectivity index (χ1v) is 8.60. The second-order valence-electron chi connectivity index (χ2n) is 7.06. The lowest BCUT2D eigenvalue weighted by atomic mass is 9.86. The molecule has 3 rings (SSSR count). The van der Waals surface area contributed by atoms with Crippen LogP contribution in [-0.2, 0) is 6.42 Å². The molecule has 2 aromatic heterocycles. The van der Waals surface area contributed by atoms with Gasteiger partial charge in [0, 0.05) is 36.8 Å². The highest BCUT2D eigenvalue weighted by Crippen LogP contribution is 2.37. The van der Waals surface area contributed by atoms with Crippen molar-refractivity contribution in [1.29, 1.82) is 0 Å². The molecule has 24 heavy (non-hydrogen) atoms. The number of aliphatic hydroxyl groups is 1. The lowest BCUT2D eigenvalue weighted by Gasteiger charge is -2.30. The number of carbonyl (C=O) groups is 1. The minimum atomic E-state index is -0.198. The zero-order chi connectivity index (χ0) is 17.2. The van der Waals surface area contributed by atoms with Gasteiger partial charge in [-0.2, -0.15) is 0 Å². The summed E-state index contributed by atoms with van der Waals surface area (Å²) in [5, 5.41) is 15.4. The van der Waals surface area contributed by atoms with Gasteiger partial charge in [0.05, 0.1) is 12.3 Å². The third-order valence-corrected chi connectivity index (χ3v) is 5.14. The fraction of sp³-hybridized carbons (Fsp3) is 0.556. The van der Waals surface area contributed by atoms with Gasteiger partial charge in [-0.3, -0.25) is 0 Å². The van der Waals surface area contributed by atoms with Gasteiger partial charge in [0.25, 0.3) is 0 Å². The van der Waals surface area contributed by atoms with E-state index in [1.165, 1.54) is 0 Å². The molecule has 1 saturated carbocycles. The van der Waals surface area contributed by atoms with Crippen LogP contribution >= 0.6 is 0 Å². The average molecular weight is 330 g/mol. The van der Waals surface area contributed by atoms with Gasteiger partial charge in [-0.15, -0.1) is 0 Å². The van der Waals surface area contributed by atoms with Crippen LogP contribution in [-0.4, -0.2) is 39.7 Å². The SMILES string of the molecule is Cc1cccn2cc(CCNC(=O)NC3CCCC3(C)CO)nc12. The molecule has 0 saturated heterocycles. The number of imidazole rings is 1. The summed E-state index contributed by atoms with van der Waals surface area (Å²) in [5.74, 6) is 0. The highest BCUT2D eigenvalue weighted by molar-refractivity contribution is 5.74. The van der Waals surface area contributed by atoms with E-state index in [1.807, 2.05) is 42.8 Å². The lowest BCUT2D eigenvalue weighted by molar-refractivity contribution is 0.121. The molecular formula is C18H26N4O2. The van der Waals surface area contributed by atoms with Crippen LogP contribution in [0.15, 0.2) is 24.5 Å². The Kier molecular flexibility index (Phi) is 4.76. The molecule has 2 heterocycles. The number of rotatable bonds is 5. The number of aliphatic hydroxyl groups excluding tert-OH is 1. The van der Waals surface area contributed by atoms with Crippen molar-refractivity contribution in [3.63, 3.8) is 0 Å². The summed E-state index contributed by atoms with van der Waals surface area (Å²) in [7, 11) is 0. The summed E-state index contributed by atoms with van der Waals surface area (Å²) < 4.78 is 2.01. The smallest absolute Gasteiger partial charge is 0.315 e. The summed E-state index contributed by atoms with van der Waals surface area (Å²) in [5.41, 5.74) is 2.86. The third kappa shape index (κ3) is 3.38. The number of nitrogens with zero attached hydrogens (tertiary/aromatic N) is 2. The van der Waals surface area contributed by atoms with Gasteiger partial charge in [-0.05, 0) is 31.4 Å². The molecule has 0 radical (unpaired) electrons. The van der Waals surface area contributed by atoms with Gasteiger partial charge in [0.2, 0.25) is 0 Å². The minimum absolute atomic E-state index is 0.0420. The van der Waals surface area contributed by atoms with Gasteiger partial charge in [-0.1, -0.05) is 19.4 Å². The summed E-state index contributed by atoms with van der Waals surface area (Å²) in [4.78, 5) is 16.7. The second-order valence-corrected chi connectivity index (χ2v) is 7.06. The molecule has 1 fully saturated rings. The molecule has 2 unspecified atom stereocenters. The first-order valence-electron chi connectivity index (χ1n) is 8.60. The van der Waals surface area contributed by atoms with E-state index in [-0.39, 0.29) is 24.1 Å². The Morgan fingerprint density at radius 2 is 2.38 bits per heavy atom. The number of hydrogen-bond donors (Lipinski definition) is 3. The quantitative estimate of drug-likeness (QED) is 0.785. The summed E-state index contributed by atoms with van der Waals surface area (Å²) in [6.45, 7) is 4.72. The van der Waals surface area contributed by atoms with Crippen LogP contribution in [0.1, 0.15) is 37.4 Å². The number of fused-ring (bicyclic) bond motifs is 1. The van der Waals surface area contributed by atoms with E-state index in [4.69, 9.17) is 0 Å². The van der Waals surface area contributed by atoms with Gasteiger partial charge in [0.1, 0.15) is 5.65 Å². The monoisotopic (exact) mass is 330 g/mol. The predicted molar refractivity (Wildman–Crippen MR) is 93.0 cm³/mol. The van der Waals surface area contributed by atoms with Crippen molar-refractivity contribution in [3.05, 3.63) is 35.8 Å². The van der Waals surface area contributed by atoms with Gasteiger partial charge >= 0.3 is 6.03 Å². The van der Waals surface area contributed by atoms with Crippen LogP contribution in [0.4, 0.5) is 4.79 Å². The molecule has 0 bridgehead atoms. The average Bonchev–Trinajstić information content (AvgIpc) is 3.13. The highest BCUT2D eigenvalue weighted by Gasteiger charge is 2.39. The van der Waals surface area contributed by atoms with Crippen LogP contribution in [0.5, 0.6) is 0 Å². The molecule has 1 aliphatic rings. The summed E-state index contributed by atoms with van der Waals surface area (Å²) >= 11 is 0. The van der Waals surface area contributed by atoms with Crippen molar-refractivity contribution < 1.29 is 9.90 Å². The van der Waals surface area contributed by atoms with Gasteiger partial charge < -0.3 is 20.1 Å². The van der Waals surface area contributed by atoms with E-state index in [2.05, 4.69) is 15.6 Å². The van der Waals surface area contributed by atoms with Crippen LogP contribution < -0.4 is 10.6 Å². The molecule has 2 aromatic rings. The standard InChI is InChI=1S/C18H26N4O2/c1-13-5-4-10-22-11-14(20-16(13)22)7-9-19-17(24)21-15-6-3-8-18(15,2)12-23/h4-5,10-11,15,23H,3,6-9,12H2,1-2H3,(H2,19,21,24). The van der Waals surface area contributed by atoms with Crippen molar-refractivity contribution in [3.8, 4) is 0 Å². The zero-order valence-electron chi connectivity index (χ0n) is 14.4. The Labute approximate surface area is 142 Å². The molecular weight excluding hydrogens is 304 g/mol. The highest BCUT2D eigenvalue weighted by atomic mass is 16.3. The number of hydrogen-bond acceptors (Lipinski definition) is 3. The van der Waals surface area contributed by atoms with Crippen LogP contribution in [0.25, 0.3) is 5.65 Å². The van der Waals surface area contributed by atoms with E-state index >= 15 is 0 Å². The fourth-order valence-corrected chi connectivity index (χ4v) is 3.51. The Balaban J connectivity index is 1.50. The number of nitrogens with one attached hydrogen (secondary N) is 2. The normalized spacial score (nSPS) is 23.5. The van der Waals surface area contributed by atoms with Crippen molar-refractivity contribution in [2.75, 3.05) is 13.2 Å². The van der Waals surface area contributed by atoms with E-state index in [1.54, 1.807) is 0 Å². The Morgan fingerprint density at radius 3 is 3.12 bits per heavy atom. The maximum absolute atomic E-state index is 12.1. The third-order valence-electron chi connectivity index (χ3n) is 5.14. The van der Waals surface area contributed by atoms with Gasteiger partial charge in [0.15, 0.2) is 0 Å². The van der Waals surface area contributed by atoms with Crippen molar-refractivity contribution in [2.24, 2.45) is 5.41 Å². The van der Waals surface area contributed by atoms with Crippen molar-refractivity contribution in [1.82, 2.24) is 20.0 Å². The molecule has 6 heteroatoms. The topological polar surface area (TPSA) is 78.7 Å². The number of carbonyl (C=O) groups excluding carboxylic acids is 1. The fourth-order valence-electron chi connectivity index (χ4n) is 3.51. The Bertz CT molecular complexity index is 727. The number of pyridine rings is 1. The summed E-state index contributed by atoms with van der Waals surface area (Å²) in [6.07, 6.45) is 7.60. The molecule has 0 spiro atoms. The number of aromatic nitrogens is 2. The summed E-state index contributed by atoms with van der Waals surface area (Å²) in [6, 6.07) is 3.92. The van der Waals surface area contributed by atoms with Crippen LogP contribution in [0.3, 0.4) is 0 Å². The van der Waals surface area contributed by atoms with Crippen LogP contribution in [0, 0.1) is 12.3 Å². The minimum Gasteiger partial charge on any atom is -0.396 e. The molecule has 0 aromatic carbocycles. The predicted octanol–water partition coefficient (Wildman–Crippen LogP) is 2.04. The Hall–Kier alpha value is -2.08. The van der Waals surface area contributed by atoms with E-state index in [0.717, 1.165) is 36.2 Å². The van der Waals surface area contributed by atoms with E-state index in [9.17, 15) is 9.90 Å². The molecule has 0 aliphatic heterocycles. The Morgan fingerprint density at radius 1 is 1.54 bits per heavy atom. The maximum atomic E-state index is 12.1. The first-order chi connectivity index (χ1) is 11.5. The zero-order valence-corrected chi connectivity index (χ0v) is 14.4. The molecule has 3 N–H and O–H groups in total. The molecule has 6 nitrogen and oxygen atoms in total. The van der Waals surface area contributed by atoms with E-state index < -0.39 is 0 Å². The molecule has 2 atom stereocenters. The molecule has 130 valence electrons. The number of urea groups is 1. The first kappa shape index (κ1) is 16.8. The van der Waals surface area contributed by atoms with Crippen molar-refractivity contribution >= 4 is 11.7 Å². The van der Waals surface area contributed by atoms with E-state index in [0.29, 0.717) is 13.0 Å². The molecule has 2 amide bonds. The maximum Gasteiger partial charge on any atom is 0.315 e. The van der Waals surface area contributed by atoms with Gasteiger partial charge in [-0.25, -0.2) is 9.78 Å². The largest absolute Gasteiger partial charge is 0.396 e.